The van der Waals surface area contributed by atoms with Crippen LogP contribution in [0.1, 0.15) is 10.4 Å². The first kappa shape index (κ1) is 14.3. The van der Waals surface area contributed by atoms with Crippen LogP contribution in [-0.4, -0.2) is 49.7 Å². The largest absolute Gasteiger partial charge is 0.497 e. The van der Waals surface area contributed by atoms with E-state index in [2.05, 4.69) is 5.32 Å². The van der Waals surface area contributed by atoms with Crippen LogP contribution in [0, 0.1) is 0 Å². The first-order chi connectivity index (χ1) is 8.69. The van der Waals surface area contributed by atoms with Crippen molar-refractivity contribution < 1.29 is 24.5 Å². The molecule has 0 radical (unpaired) electrons. The molecular weight excluding hydrogens is 238 g/mol. The molecule has 0 saturated carbocycles. The fraction of sp³-hybridized carbons (Fsp3) is 0.417. The minimum absolute atomic E-state index is 0.0282. The smallest absolute Gasteiger partial charge is 0.337 e. The predicted octanol–water partition coefficient (Wildman–Crippen LogP) is 0.814. The average molecular weight is 255 g/mol. The van der Waals surface area contributed by atoms with E-state index in [0.717, 1.165) is 0 Å². The topological polar surface area (TPSA) is 88.0 Å². The molecule has 6 nitrogen and oxygen atoms in total. The fourth-order valence-electron chi connectivity index (χ4n) is 1.41. The molecule has 1 rings (SSSR count). The number of aromatic carboxylic acids is 1. The van der Waals surface area contributed by atoms with Gasteiger partial charge in [0, 0.05) is 12.6 Å². The number of ether oxygens (including phenoxy) is 2. The summed E-state index contributed by atoms with van der Waals surface area (Å²) in [6, 6.07) is 4.70. The molecule has 0 amide bonds. The number of rotatable bonds is 8. The maximum Gasteiger partial charge on any atom is 0.337 e. The first-order valence-corrected chi connectivity index (χ1v) is 5.53. The van der Waals surface area contributed by atoms with Crippen LogP contribution in [0.3, 0.4) is 0 Å². The normalized spacial score (nSPS) is 10.1. The van der Waals surface area contributed by atoms with Gasteiger partial charge >= 0.3 is 5.97 Å². The molecule has 3 N–H and O–H groups in total. The van der Waals surface area contributed by atoms with Gasteiger partial charge in [0.15, 0.2) is 0 Å². The van der Waals surface area contributed by atoms with Crippen molar-refractivity contribution in [3.05, 3.63) is 23.8 Å². The SMILES string of the molecule is COc1ccc(C(=O)O)c(NCCOCCO)c1. The summed E-state index contributed by atoms with van der Waals surface area (Å²) < 4.78 is 10.1. The van der Waals surface area contributed by atoms with Gasteiger partial charge in [0.1, 0.15) is 5.75 Å². The van der Waals surface area contributed by atoms with Crippen LogP contribution >= 0.6 is 0 Å². The molecule has 1 aromatic carbocycles. The monoisotopic (exact) mass is 255 g/mol. The molecule has 0 unspecified atom stereocenters. The van der Waals surface area contributed by atoms with E-state index in [0.29, 0.717) is 24.6 Å². The Bertz CT molecular complexity index is 394. The summed E-state index contributed by atoms with van der Waals surface area (Å²) in [6.45, 7) is 1.08. The number of benzene rings is 1. The van der Waals surface area contributed by atoms with Gasteiger partial charge < -0.3 is 25.0 Å². The number of aliphatic hydroxyl groups excluding tert-OH is 1. The highest BCUT2D eigenvalue weighted by molar-refractivity contribution is 5.94. The van der Waals surface area contributed by atoms with E-state index in [9.17, 15) is 4.79 Å². The quantitative estimate of drug-likeness (QED) is 0.596. The summed E-state index contributed by atoms with van der Waals surface area (Å²) in [5, 5.41) is 20.5. The van der Waals surface area contributed by atoms with E-state index >= 15 is 0 Å². The number of nitrogens with one attached hydrogen (secondary N) is 1. The van der Waals surface area contributed by atoms with Gasteiger partial charge in [-0.1, -0.05) is 0 Å². The average Bonchev–Trinajstić information content (AvgIpc) is 2.38. The second kappa shape index (κ2) is 7.52. The molecule has 1 aromatic rings. The van der Waals surface area contributed by atoms with Crippen LogP contribution in [0.4, 0.5) is 5.69 Å². The van der Waals surface area contributed by atoms with Crippen LogP contribution in [0.2, 0.25) is 0 Å². The Hall–Kier alpha value is -1.79. The van der Waals surface area contributed by atoms with Crippen molar-refractivity contribution in [2.24, 2.45) is 0 Å². The molecular formula is C12H17NO5. The number of anilines is 1. The van der Waals surface area contributed by atoms with E-state index in [1.54, 1.807) is 12.1 Å². The zero-order valence-corrected chi connectivity index (χ0v) is 10.2. The standard InChI is InChI=1S/C12H17NO5/c1-17-9-2-3-10(12(15)16)11(8-9)13-4-6-18-7-5-14/h2-3,8,13-14H,4-7H2,1H3,(H,15,16). The van der Waals surface area contributed by atoms with Crippen molar-refractivity contribution in [1.29, 1.82) is 0 Å². The van der Waals surface area contributed by atoms with Gasteiger partial charge in [-0.3, -0.25) is 0 Å². The Labute approximate surface area is 105 Å². The predicted molar refractivity (Wildman–Crippen MR) is 66.3 cm³/mol. The molecule has 0 aromatic heterocycles. The van der Waals surface area contributed by atoms with Gasteiger partial charge in [0.05, 0.1) is 38.2 Å². The molecule has 18 heavy (non-hydrogen) atoms. The lowest BCUT2D eigenvalue weighted by Crippen LogP contribution is -2.13. The third-order valence-electron chi connectivity index (χ3n) is 2.25. The molecule has 0 fully saturated rings. The number of carbonyl (C=O) groups is 1. The Morgan fingerprint density at radius 2 is 2.17 bits per heavy atom. The van der Waals surface area contributed by atoms with Crippen LogP contribution in [0.5, 0.6) is 5.75 Å². The van der Waals surface area contributed by atoms with Crippen molar-refractivity contribution in [2.45, 2.75) is 0 Å². The minimum atomic E-state index is -1.00. The van der Waals surface area contributed by atoms with E-state index in [1.165, 1.54) is 13.2 Å². The Kier molecular flexibility index (Phi) is 5.96. The highest BCUT2D eigenvalue weighted by Crippen LogP contribution is 2.22. The van der Waals surface area contributed by atoms with Crippen molar-refractivity contribution >= 4 is 11.7 Å². The molecule has 0 aliphatic rings. The third kappa shape index (κ3) is 4.23. The molecule has 0 saturated heterocycles. The second-order valence-corrected chi connectivity index (χ2v) is 3.48. The zero-order valence-electron chi connectivity index (χ0n) is 10.2. The highest BCUT2D eigenvalue weighted by Gasteiger charge is 2.10. The van der Waals surface area contributed by atoms with Crippen molar-refractivity contribution in [3.63, 3.8) is 0 Å². The number of methoxy groups -OCH3 is 1. The number of carboxylic acid groups (broad SMARTS) is 1. The van der Waals surface area contributed by atoms with E-state index in [1.807, 2.05) is 0 Å². The van der Waals surface area contributed by atoms with Gasteiger partial charge in [-0.25, -0.2) is 4.79 Å². The maximum absolute atomic E-state index is 11.0. The summed E-state index contributed by atoms with van der Waals surface area (Å²) >= 11 is 0. The highest BCUT2D eigenvalue weighted by atomic mass is 16.5. The molecule has 0 atom stereocenters. The third-order valence-corrected chi connectivity index (χ3v) is 2.25. The van der Waals surface area contributed by atoms with Gasteiger partial charge in [0.2, 0.25) is 0 Å². The number of aliphatic hydroxyl groups is 1. The second-order valence-electron chi connectivity index (χ2n) is 3.48. The minimum Gasteiger partial charge on any atom is -0.497 e. The first-order valence-electron chi connectivity index (χ1n) is 5.53. The molecule has 6 heteroatoms. The Morgan fingerprint density at radius 1 is 1.39 bits per heavy atom. The summed E-state index contributed by atoms with van der Waals surface area (Å²) in [5.74, 6) is -0.421. The lowest BCUT2D eigenvalue weighted by molar-refractivity contribution is 0.0697. The molecule has 0 spiro atoms. The maximum atomic E-state index is 11.0. The van der Waals surface area contributed by atoms with Crippen LogP contribution in [-0.2, 0) is 4.74 Å². The zero-order chi connectivity index (χ0) is 13.4. The van der Waals surface area contributed by atoms with Crippen LogP contribution in [0.15, 0.2) is 18.2 Å². The lowest BCUT2D eigenvalue weighted by atomic mass is 10.1. The fourth-order valence-corrected chi connectivity index (χ4v) is 1.41. The number of hydrogen-bond donors (Lipinski definition) is 3. The molecule has 0 aliphatic carbocycles. The number of carboxylic acids is 1. The summed E-state index contributed by atoms with van der Waals surface area (Å²) in [6.07, 6.45) is 0. The van der Waals surface area contributed by atoms with Crippen molar-refractivity contribution in [3.8, 4) is 5.75 Å². The molecule has 0 aliphatic heterocycles. The van der Waals surface area contributed by atoms with Crippen molar-refractivity contribution in [1.82, 2.24) is 0 Å². The summed E-state index contributed by atoms with van der Waals surface area (Å²) in [5.41, 5.74) is 0.660. The molecule has 0 bridgehead atoms. The Morgan fingerprint density at radius 3 is 2.78 bits per heavy atom. The summed E-state index contributed by atoms with van der Waals surface area (Å²) in [7, 11) is 1.52. The van der Waals surface area contributed by atoms with Gasteiger partial charge in [-0.05, 0) is 12.1 Å². The van der Waals surface area contributed by atoms with Gasteiger partial charge in [-0.2, -0.15) is 0 Å². The summed E-state index contributed by atoms with van der Waals surface area (Å²) in [4.78, 5) is 11.0. The van der Waals surface area contributed by atoms with E-state index < -0.39 is 5.97 Å². The lowest BCUT2D eigenvalue weighted by Gasteiger charge is -2.11. The van der Waals surface area contributed by atoms with Crippen LogP contribution < -0.4 is 10.1 Å². The van der Waals surface area contributed by atoms with Crippen LogP contribution in [0.25, 0.3) is 0 Å². The number of hydrogen-bond acceptors (Lipinski definition) is 5. The van der Waals surface area contributed by atoms with Gasteiger partial charge in [-0.15, -0.1) is 0 Å². The molecule has 100 valence electrons. The van der Waals surface area contributed by atoms with Gasteiger partial charge in [0.25, 0.3) is 0 Å². The Balaban J connectivity index is 2.63. The van der Waals surface area contributed by atoms with E-state index in [4.69, 9.17) is 19.7 Å². The van der Waals surface area contributed by atoms with E-state index in [-0.39, 0.29) is 18.8 Å². The van der Waals surface area contributed by atoms with Crippen molar-refractivity contribution in [2.75, 3.05) is 38.8 Å². The molecule has 0 heterocycles.